The number of nitrogens with zero attached hydrogens (tertiary/aromatic N) is 1. The third-order valence-electron chi connectivity index (χ3n) is 3.53. The topological polar surface area (TPSA) is 70.8 Å². The Morgan fingerprint density at radius 1 is 1.40 bits per heavy atom. The standard InChI is InChI=1S/C14H12BrNO4/c15-10-3-1-2-8-6-11(20-12(8)10)13(17)16-5-4-9(7-16)14(18)19/h1-3,6,9H,4-5,7H2,(H,18,19)/t9-/m0/s1. The molecule has 2 heterocycles. The number of fused-ring (bicyclic) bond motifs is 1. The van der Waals surface area contributed by atoms with Crippen LogP contribution >= 0.6 is 15.9 Å². The molecule has 0 radical (unpaired) electrons. The predicted octanol–water partition coefficient (Wildman–Crippen LogP) is 2.74. The molecule has 0 aliphatic carbocycles. The quantitative estimate of drug-likeness (QED) is 0.914. The van der Waals surface area contributed by atoms with Crippen molar-refractivity contribution >= 4 is 38.8 Å². The molecule has 1 amide bonds. The van der Waals surface area contributed by atoms with Crippen LogP contribution in [0.2, 0.25) is 0 Å². The molecule has 1 atom stereocenters. The van der Waals surface area contributed by atoms with Crippen molar-refractivity contribution in [3.05, 3.63) is 34.5 Å². The SMILES string of the molecule is O=C(O)[C@H]1CCN(C(=O)c2cc3cccc(Br)c3o2)C1. The van der Waals surface area contributed by atoms with E-state index in [1.165, 1.54) is 4.90 Å². The average Bonchev–Trinajstić information content (AvgIpc) is 3.05. The molecule has 0 spiro atoms. The van der Waals surface area contributed by atoms with E-state index in [0.717, 1.165) is 9.86 Å². The number of aliphatic carboxylic acids is 1. The molecular formula is C14H12BrNO4. The normalized spacial score (nSPS) is 18.6. The minimum Gasteiger partial charge on any atom is -0.481 e. The van der Waals surface area contributed by atoms with Gasteiger partial charge in [0.05, 0.1) is 10.4 Å². The second-order valence-corrected chi connectivity index (χ2v) is 5.70. The molecule has 20 heavy (non-hydrogen) atoms. The van der Waals surface area contributed by atoms with Crippen LogP contribution in [-0.2, 0) is 4.79 Å². The van der Waals surface area contributed by atoms with E-state index in [1.807, 2.05) is 18.2 Å². The second-order valence-electron chi connectivity index (χ2n) is 4.84. The van der Waals surface area contributed by atoms with Crippen LogP contribution in [0, 0.1) is 5.92 Å². The number of halogens is 1. The van der Waals surface area contributed by atoms with Crippen LogP contribution in [0.15, 0.2) is 33.2 Å². The Bertz CT molecular complexity index is 694. The number of likely N-dealkylation sites (tertiary alicyclic amines) is 1. The van der Waals surface area contributed by atoms with Crippen LogP contribution in [0.4, 0.5) is 0 Å². The minimum atomic E-state index is -0.854. The molecule has 5 nitrogen and oxygen atoms in total. The maximum Gasteiger partial charge on any atom is 0.308 e. The van der Waals surface area contributed by atoms with Crippen molar-refractivity contribution < 1.29 is 19.1 Å². The van der Waals surface area contributed by atoms with Gasteiger partial charge in [-0.1, -0.05) is 12.1 Å². The van der Waals surface area contributed by atoms with Crippen LogP contribution in [0.25, 0.3) is 11.0 Å². The summed E-state index contributed by atoms with van der Waals surface area (Å²) in [7, 11) is 0. The maximum atomic E-state index is 12.3. The average molecular weight is 338 g/mol. The van der Waals surface area contributed by atoms with Crippen LogP contribution in [-0.4, -0.2) is 35.0 Å². The zero-order valence-corrected chi connectivity index (χ0v) is 12.1. The maximum absolute atomic E-state index is 12.3. The fourth-order valence-electron chi connectivity index (χ4n) is 2.44. The number of amides is 1. The molecule has 0 unspecified atom stereocenters. The molecule has 1 N–H and O–H groups in total. The van der Waals surface area contributed by atoms with E-state index in [4.69, 9.17) is 9.52 Å². The largest absolute Gasteiger partial charge is 0.481 e. The molecule has 1 aliphatic heterocycles. The first-order chi connectivity index (χ1) is 9.56. The minimum absolute atomic E-state index is 0.242. The van der Waals surface area contributed by atoms with E-state index in [9.17, 15) is 9.59 Å². The van der Waals surface area contributed by atoms with E-state index in [2.05, 4.69) is 15.9 Å². The predicted molar refractivity (Wildman–Crippen MR) is 75.6 cm³/mol. The lowest BCUT2D eigenvalue weighted by molar-refractivity contribution is -0.141. The van der Waals surface area contributed by atoms with Crippen molar-refractivity contribution in [2.24, 2.45) is 5.92 Å². The lowest BCUT2D eigenvalue weighted by Crippen LogP contribution is -2.29. The van der Waals surface area contributed by atoms with Crippen molar-refractivity contribution in [2.75, 3.05) is 13.1 Å². The molecule has 1 aromatic heterocycles. The third-order valence-corrected chi connectivity index (χ3v) is 4.16. The van der Waals surface area contributed by atoms with Gasteiger partial charge in [0.15, 0.2) is 5.76 Å². The van der Waals surface area contributed by atoms with Gasteiger partial charge in [0.1, 0.15) is 5.58 Å². The first kappa shape index (κ1) is 13.2. The highest BCUT2D eigenvalue weighted by atomic mass is 79.9. The molecule has 1 saturated heterocycles. The molecular weight excluding hydrogens is 326 g/mol. The van der Waals surface area contributed by atoms with Crippen LogP contribution in [0.1, 0.15) is 17.0 Å². The van der Waals surface area contributed by atoms with Gasteiger partial charge < -0.3 is 14.4 Å². The van der Waals surface area contributed by atoms with Gasteiger partial charge >= 0.3 is 5.97 Å². The summed E-state index contributed by atoms with van der Waals surface area (Å²) >= 11 is 3.38. The number of benzene rings is 1. The van der Waals surface area contributed by atoms with Gasteiger partial charge in [-0.3, -0.25) is 9.59 Å². The number of hydrogen-bond donors (Lipinski definition) is 1. The van der Waals surface area contributed by atoms with Gasteiger partial charge in [-0.15, -0.1) is 0 Å². The highest BCUT2D eigenvalue weighted by Gasteiger charge is 2.32. The van der Waals surface area contributed by atoms with Crippen molar-refractivity contribution in [3.8, 4) is 0 Å². The zero-order chi connectivity index (χ0) is 14.3. The molecule has 6 heteroatoms. The van der Waals surface area contributed by atoms with Crippen LogP contribution in [0.3, 0.4) is 0 Å². The summed E-state index contributed by atoms with van der Waals surface area (Å²) in [4.78, 5) is 24.8. The number of carboxylic acid groups (broad SMARTS) is 1. The summed E-state index contributed by atoms with van der Waals surface area (Å²) in [6.45, 7) is 0.695. The smallest absolute Gasteiger partial charge is 0.308 e. The fourth-order valence-corrected chi connectivity index (χ4v) is 2.90. The van der Waals surface area contributed by atoms with Gasteiger partial charge in [0.25, 0.3) is 5.91 Å². The summed E-state index contributed by atoms with van der Waals surface area (Å²) in [6.07, 6.45) is 0.491. The number of carbonyl (C=O) groups is 2. The highest BCUT2D eigenvalue weighted by Crippen LogP contribution is 2.28. The zero-order valence-electron chi connectivity index (χ0n) is 10.5. The van der Waals surface area contributed by atoms with Crippen molar-refractivity contribution in [2.45, 2.75) is 6.42 Å². The molecule has 0 saturated carbocycles. The number of hydrogen-bond acceptors (Lipinski definition) is 3. The summed E-state index contributed by atoms with van der Waals surface area (Å²) in [6, 6.07) is 7.27. The van der Waals surface area contributed by atoms with Crippen molar-refractivity contribution in [1.82, 2.24) is 4.90 Å². The Morgan fingerprint density at radius 3 is 2.85 bits per heavy atom. The number of para-hydroxylation sites is 1. The Morgan fingerprint density at radius 2 is 2.20 bits per heavy atom. The first-order valence-corrected chi connectivity index (χ1v) is 7.05. The second kappa shape index (κ2) is 4.94. The van der Waals surface area contributed by atoms with E-state index < -0.39 is 11.9 Å². The van der Waals surface area contributed by atoms with Gasteiger partial charge in [-0.2, -0.15) is 0 Å². The van der Waals surface area contributed by atoms with Gasteiger partial charge in [0, 0.05) is 18.5 Å². The van der Waals surface area contributed by atoms with Gasteiger partial charge in [0.2, 0.25) is 0 Å². The monoisotopic (exact) mass is 337 g/mol. The molecule has 1 aliphatic rings. The molecule has 1 aromatic carbocycles. The van der Waals surface area contributed by atoms with Gasteiger partial charge in [-0.05, 0) is 34.5 Å². The van der Waals surface area contributed by atoms with Gasteiger partial charge in [-0.25, -0.2) is 0 Å². The van der Waals surface area contributed by atoms with E-state index >= 15 is 0 Å². The fraction of sp³-hybridized carbons (Fsp3) is 0.286. The molecule has 104 valence electrons. The van der Waals surface area contributed by atoms with E-state index in [-0.39, 0.29) is 18.2 Å². The Kier molecular flexibility index (Phi) is 3.25. The molecule has 3 rings (SSSR count). The number of carbonyl (C=O) groups excluding carboxylic acids is 1. The first-order valence-electron chi connectivity index (χ1n) is 6.26. The molecule has 2 aromatic rings. The Balaban J connectivity index is 1.86. The van der Waals surface area contributed by atoms with Crippen LogP contribution < -0.4 is 0 Å². The van der Waals surface area contributed by atoms with E-state index in [0.29, 0.717) is 18.5 Å². The number of rotatable bonds is 2. The van der Waals surface area contributed by atoms with Crippen molar-refractivity contribution in [1.29, 1.82) is 0 Å². The summed E-state index contributed by atoms with van der Waals surface area (Å²) in [5.74, 6) is -1.34. The number of furan rings is 1. The third kappa shape index (κ3) is 2.20. The highest BCUT2D eigenvalue weighted by molar-refractivity contribution is 9.10. The summed E-state index contributed by atoms with van der Waals surface area (Å²) < 4.78 is 6.37. The summed E-state index contributed by atoms with van der Waals surface area (Å²) in [5, 5.41) is 9.81. The van der Waals surface area contributed by atoms with Crippen LogP contribution in [0.5, 0.6) is 0 Å². The molecule has 0 bridgehead atoms. The Labute approximate surface area is 123 Å². The molecule has 1 fully saturated rings. The number of carboxylic acids is 1. The lowest BCUT2D eigenvalue weighted by atomic mass is 10.1. The Hall–Kier alpha value is -1.82. The van der Waals surface area contributed by atoms with Crippen molar-refractivity contribution in [3.63, 3.8) is 0 Å². The lowest BCUT2D eigenvalue weighted by Gasteiger charge is -2.13. The summed E-state index contributed by atoms with van der Waals surface area (Å²) in [5.41, 5.74) is 0.629. The van der Waals surface area contributed by atoms with E-state index in [1.54, 1.807) is 6.07 Å².